The molecular weight excluding hydrogens is 414 g/mol. The van der Waals surface area contributed by atoms with Crippen LogP contribution in [-0.4, -0.2) is 25.8 Å². The number of benzene rings is 2. The molecule has 0 aliphatic rings. The van der Waals surface area contributed by atoms with E-state index in [4.69, 9.17) is 10.8 Å². The molecule has 8 nitrogen and oxygen atoms in total. The molecule has 33 heavy (non-hydrogen) atoms. The summed E-state index contributed by atoms with van der Waals surface area (Å²) in [5.41, 5.74) is 11.2. The Labute approximate surface area is 192 Å². The lowest BCUT2D eigenvalue weighted by atomic mass is 10.0. The van der Waals surface area contributed by atoms with Crippen molar-refractivity contribution in [3.8, 4) is 22.5 Å². The number of aromatic nitrogens is 4. The maximum Gasteiger partial charge on any atom is 0.323 e. The summed E-state index contributed by atoms with van der Waals surface area (Å²) in [4.78, 5) is 20.9. The van der Waals surface area contributed by atoms with Gasteiger partial charge in [0.15, 0.2) is 0 Å². The van der Waals surface area contributed by atoms with Gasteiger partial charge in [-0.05, 0) is 69.2 Å². The molecule has 2 aromatic carbocycles. The van der Waals surface area contributed by atoms with Crippen LogP contribution < -0.4 is 16.4 Å². The number of carbonyl (C=O) groups is 1. The van der Waals surface area contributed by atoms with E-state index in [0.717, 1.165) is 22.4 Å². The van der Waals surface area contributed by atoms with Crippen molar-refractivity contribution in [3.05, 3.63) is 72.6 Å². The van der Waals surface area contributed by atoms with Gasteiger partial charge in [0.2, 0.25) is 5.95 Å². The molecule has 0 unspecified atom stereocenters. The van der Waals surface area contributed by atoms with E-state index in [9.17, 15) is 4.79 Å². The Morgan fingerprint density at radius 1 is 1.00 bits per heavy atom. The van der Waals surface area contributed by atoms with Crippen LogP contribution in [0.15, 0.2) is 67.0 Å². The van der Waals surface area contributed by atoms with E-state index in [1.54, 1.807) is 12.3 Å². The molecule has 8 heteroatoms. The molecule has 4 aromatic rings. The van der Waals surface area contributed by atoms with Crippen molar-refractivity contribution in [1.82, 2.24) is 19.7 Å². The molecule has 2 heterocycles. The third-order valence-electron chi connectivity index (χ3n) is 5.03. The predicted molar refractivity (Wildman–Crippen MR) is 132 cm³/mol. The van der Waals surface area contributed by atoms with Crippen molar-refractivity contribution in [2.24, 2.45) is 0 Å². The molecule has 0 radical (unpaired) electrons. The molecule has 0 fully saturated rings. The molecule has 2 aromatic heterocycles. The van der Waals surface area contributed by atoms with Crippen LogP contribution in [0.4, 0.5) is 22.1 Å². The van der Waals surface area contributed by atoms with Crippen molar-refractivity contribution in [2.75, 3.05) is 16.4 Å². The summed E-state index contributed by atoms with van der Waals surface area (Å²) in [5, 5.41) is 10.6. The quantitative estimate of drug-likeness (QED) is 0.398. The highest BCUT2D eigenvalue weighted by Gasteiger charge is 2.21. The molecule has 168 valence electrons. The first-order chi connectivity index (χ1) is 15.7. The number of carbonyl (C=O) groups excluding carboxylic acids is 1. The van der Waals surface area contributed by atoms with Crippen molar-refractivity contribution in [1.29, 1.82) is 0 Å². The van der Waals surface area contributed by atoms with E-state index in [1.807, 2.05) is 66.3 Å². The molecule has 0 saturated heterocycles. The Kier molecular flexibility index (Phi) is 5.83. The zero-order chi connectivity index (χ0) is 23.6. The van der Waals surface area contributed by atoms with Crippen molar-refractivity contribution < 1.29 is 4.79 Å². The first-order valence-electron chi connectivity index (χ1n) is 10.6. The lowest BCUT2D eigenvalue weighted by Crippen LogP contribution is -2.22. The summed E-state index contributed by atoms with van der Waals surface area (Å²) in [6.07, 6.45) is 3.60. The Bertz CT molecular complexity index is 1300. The first-order valence-corrected chi connectivity index (χ1v) is 10.6. The van der Waals surface area contributed by atoms with Crippen LogP contribution in [0.3, 0.4) is 0 Å². The number of anilines is 3. The molecule has 4 N–H and O–H groups in total. The topological polar surface area (TPSA) is 111 Å². The van der Waals surface area contributed by atoms with Crippen LogP contribution in [0, 0.1) is 6.92 Å². The normalized spacial score (nSPS) is 11.3. The van der Waals surface area contributed by atoms with Crippen molar-refractivity contribution >= 4 is 23.4 Å². The molecule has 0 aliphatic heterocycles. The highest BCUT2D eigenvalue weighted by molar-refractivity contribution is 6.00. The van der Waals surface area contributed by atoms with Crippen LogP contribution in [0.25, 0.3) is 22.5 Å². The molecular formula is C25H27N7O. The number of nitrogen functional groups attached to an aromatic ring is 1. The van der Waals surface area contributed by atoms with Gasteiger partial charge in [0, 0.05) is 29.3 Å². The summed E-state index contributed by atoms with van der Waals surface area (Å²) < 4.78 is 1.90. The highest BCUT2D eigenvalue weighted by atomic mass is 16.2. The summed E-state index contributed by atoms with van der Waals surface area (Å²) >= 11 is 0. The molecule has 4 rings (SSSR count). The van der Waals surface area contributed by atoms with Gasteiger partial charge < -0.3 is 16.4 Å². The van der Waals surface area contributed by atoms with E-state index in [-0.39, 0.29) is 17.5 Å². The summed E-state index contributed by atoms with van der Waals surface area (Å²) in [6, 6.07) is 16.7. The smallest absolute Gasteiger partial charge is 0.323 e. The lowest BCUT2D eigenvalue weighted by molar-refractivity contribution is 0.262. The standard InChI is InChI=1S/C25H27N7O/c1-16-7-5-9-18(13-16)28-24(33)29-19-10-6-8-17(14-19)20-15-32(25(2,3)4)31-22(20)21-11-12-27-23(26)30-21/h5-15H,1-4H3,(H2,26,27,30)(H2,28,29,33). The fourth-order valence-electron chi connectivity index (χ4n) is 3.40. The van der Waals surface area contributed by atoms with E-state index in [1.165, 1.54) is 0 Å². The summed E-state index contributed by atoms with van der Waals surface area (Å²) in [6.45, 7) is 8.22. The average Bonchev–Trinajstić information content (AvgIpc) is 3.20. The Morgan fingerprint density at radius 2 is 1.70 bits per heavy atom. The SMILES string of the molecule is Cc1cccc(NC(=O)Nc2cccc(-c3cn(C(C)(C)C)nc3-c3ccnc(N)n3)c2)c1. The number of rotatable bonds is 4. The van der Waals surface area contributed by atoms with Gasteiger partial charge in [-0.15, -0.1) is 0 Å². The second-order valence-electron chi connectivity index (χ2n) is 8.84. The van der Waals surface area contributed by atoms with Gasteiger partial charge in [0.05, 0.1) is 11.2 Å². The van der Waals surface area contributed by atoms with E-state index < -0.39 is 0 Å². The van der Waals surface area contributed by atoms with Crippen molar-refractivity contribution in [2.45, 2.75) is 33.2 Å². The maximum absolute atomic E-state index is 12.5. The first kappa shape index (κ1) is 22.0. The molecule has 0 atom stereocenters. The van der Waals surface area contributed by atoms with Gasteiger partial charge in [0.25, 0.3) is 0 Å². The average molecular weight is 442 g/mol. The van der Waals surface area contributed by atoms with Crippen LogP contribution in [0.1, 0.15) is 26.3 Å². The fraction of sp³-hybridized carbons (Fsp3) is 0.200. The summed E-state index contributed by atoms with van der Waals surface area (Å²) in [5.74, 6) is 0.187. The van der Waals surface area contributed by atoms with Gasteiger partial charge in [-0.1, -0.05) is 24.3 Å². The highest BCUT2D eigenvalue weighted by Crippen LogP contribution is 2.33. The van der Waals surface area contributed by atoms with Gasteiger partial charge >= 0.3 is 6.03 Å². The largest absolute Gasteiger partial charge is 0.368 e. The van der Waals surface area contributed by atoms with Crippen LogP contribution >= 0.6 is 0 Å². The number of hydrogen-bond donors (Lipinski definition) is 3. The number of hydrogen-bond acceptors (Lipinski definition) is 5. The van der Waals surface area contributed by atoms with Crippen LogP contribution in [-0.2, 0) is 5.54 Å². The lowest BCUT2D eigenvalue weighted by Gasteiger charge is -2.18. The van der Waals surface area contributed by atoms with Crippen LogP contribution in [0.5, 0.6) is 0 Å². The van der Waals surface area contributed by atoms with Crippen LogP contribution in [0.2, 0.25) is 0 Å². The van der Waals surface area contributed by atoms with E-state index >= 15 is 0 Å². The molecule has 0 saturated carbocycles. The molecule has 0 spiro atoms. The minimum atomic E-state index is -0.313. The number of nitrogens with one attached hydrogen (secondary N) is 2. The van der Waals surface area contributed by atoms with Crippen molar-refractivity contribution in [3.63, 3.8) is 0 Å². The van der Waals surface area contributed by atoms with Gasteiger partial charge in [-0.3, -0.25) is 4.68 Å². The number of urea groups is 1. The Morgan fingerprint density at radius 3 is 2.36 bits per heavy atom. The van der Waals surface area contributed by atoms with Gasteiger partial charge in [-0.25, -0.2) is 14.8 Å². The number of amides is 2. The third-order valence-corrected chi connectivity index (χ3v) is 5.03. The number of nitrogens with zero attached hydrogens (tertiary/aromatic N) is 4. The maximum atomic E-state index is 12.5. The molecule has 0 aliphatic carbocycles. The molecule has 2 amide bonds. The second kappa shape index (κ2) is 8.74. The Balaban J connectivity index is 1.66. The minimum absolute atomic E-state index is 0.187. The number of aryl methyl sites for hydroxylation is 1. The Hall–Kier alpha value is -4.20. The number of nitrogens with two attached hydrogens (primary N) is 1. The monoisotopic (exact) mass is 441 g/mol. The predicted octanol–water partition coefficient (Wildman–Crippen LogP) is 5.30. The minimum Gasteiger partial charge on any atom is -0.368 e. The zero-order valence-corrected chi connectivity index (χ0v) is 19.1. The second-order valence-corrected chi connectivity index (χ2v) is 8.84. The van der Waals surface area contributed by atoms with E-state index in [0.29, 0.717) is 17.1 Å². The van der Waals surface area contributed by atoms with E-state index in [2.05, 4.69) is 41.4 Å². The molecule has 0 bridgehead atoms. The third kappa shape index (κ3) is 5.17. The fourth-order valence-corrected chi connectivity index (χ4v) is 3.40. The van der Waals surface area contributed by atoms with Gasteiger partial charge in [0.1, 0.15) is 5.69 Å². The summed E-state index contributed by atoms with van der Waals surface area (Å²) in [7, 11) is 0. The van der Waals surface area contributed by atoms with Gasteiger partial charge in [-0.2, -0.15) is 5.10 Å². The zero-order valence-electron chi connectivity index (χ0n) is 19.1.